The van der Waals surface area contributed by atoms with Crippen LogP contribution in [0, 0.1) is 0 Å². The van der Waals surface area contributed by atoms with Gasteiger partial charge in [-0.05, 0) is 80.3 Å². The molecule has 1 heterocycles. The lowest BCUT2D eigenvalue weighted by molar-refractivity contribution is -0.137. The third kappa shape index (κ3) is 8.35. The first kappa shape index (κ1) is 35.3. The predicted molar refractivity (Wildman–Crippen MR) is 180 cm³/mol. The molecule has 4 N–H and O–H groups in total. The molecule has 0 aliphatic heterocycles. The number of nitrogens with zero attached hydrogens (tertiary/aromatic N) is 3. The van der Waals surface area contributed by atoms with Crippen LogP contribution in [0.5, 0.6) is 0 Å². The molecule has 1 aliphatic carbocycles. The molecule has 15 heteroatoms. The van der Waals surface area contributed by atoms with E-state index in [9.17, 15) is 32.1 Å². The molecule has 11 nitrogen and oxygen atoms in total. The molecule has 1 aliphatic rings. The fraction of sp³-hybridized carbons (Fsp3) is 0.294. The number of aromatic nitrogens is 2. The maximum absolute atomic E-state index is 13.3. The second-order valence-corrected chi connectivity index (χ2v) is 13.9. The summed E-state index contributed by atoms with van der Waals surface area (Å²) in [6.45, 7) is 3.36. The Morgan fingerprint density at radius 2 is 1.73 bits per heavy atom. The van der Waals surface area contributed by atoms with Gasteiger partial charge in [0.1, 0.15) is 5.82 Å². The zero-order chi connectivity index (χ0) is 35.4. The number of anilines is 4. The predicted octanol–water partition coefficient (Wildman–Crippen LogP) is 6.98. The van der Waals surface area contributed by atoms with Crippen LogP contribution in [0.15, 0.2) is 88.3 Å². The van der Waals surface area contributed by atoms with Crippen LogP contribution in [0.4, 0.5) is 41.1 Å². The third-order valence-corrected chi connectivity index (χ3v) is 9.54. The lowest BCUT2D eigenvalue weighted by Gasteiger charge is -2.18. The summed E-state index contributed by atoms with van der Waals surface area (Å²) in [5, 5.41) is 18.8. The first-order chi connectivity index (χ1) is 23.2. The third-order valence-electron chi connectivity index (χ3n) is 7.89. The molecule has 0 saturated heterocycles. The summed E-state index contributed by atoms with van der Waals surface area (Å²) < 4.78 is 61.2. The fourth-order valence-corrected chi connectivity index (χ4v) is 6.14. The van der Waals surface area contributed by atoms with Crippen molar-refractivity contribution in [2.45, 2.75) is 49.2 Å². The number of aliphatic hydroxyl groups is 1. The Morgan fingerprint density at radius 3 is 2.35 bits per heavy atom. The molecule has 4 aromatic rings. The summed E-state index contributed by atoms with van der Waals surface area (Å²) >= 11 is 0. The highest BCUT2D eigenvalue weighted by molar-refractivity contribution is 7.93. The van der Waals surface area contributed by atoms with Gasteiger partial charge in [0.15, 0.2) is 0 Å². The fourth-order valence-electron chi connectivity index (χ4n) is 5.06. The van der Waals surface area contributed by atoms with Gasteiger partial charge in [-0.15, -0.1) is 4.36 Å². The second-order valence-electron chi connectivity index (χ2n) is 11.6. The topological polar surface area (TPSA) is 155 Å². The van der Waals surface area contributed by atoms with E-state index in [4.69, 9.17) is 4.74 Å². The van der Waals surface area contributed by atoms with Gasteiger partial charge in [0.25, 0.3) is 0 Å². The molecule has 2 amide bonds. The molecule has 49 heavy (non-hydrogen) atoms. The lowest BCUT2D eigenvalue weighted by atomic mass is 9.93. The van der Waals surface area contributed by atoms with Crippen molar-refractivity contribution in [2.75, 3.05) is 35.4 Å². The number of aliphatic hydroxyl groups excluding tert-OH is 1. The number of nitrogens with one attached hydrogen (secondary N) is 3. The summed E-state index contributed by atoms with van der Waals surface area (Å²) in [5.74, 6) is 0.268. The minimum absolute atomic E-state index is 0.118. The summed E-state index contributed by atoms with van der Waals surface area (Å²) in [6, 6.07) is 17.8. The molecule has 5 rings (SSSR count). The molecule has 1 saturated carbocycles. The van der Waals surface area contributed by atoms with Gasteiger partial charge in [0.05, 0.1) is 33.9 Å². The van der Waals surface area contributed by atoms with Gasteiger partial charge in [-0.25, -0.2) is 14.0 Å². The number of benzene rings is 3. The van der Waals surface area contributed by atoms with Crippen LogP contribution in [-0.2, 0) is 30.9 Å². The summed E-state index contributed by atoms with van der Waals surface area (Å²) in [7, 11) is -3.02. The largest absolute Gasteiger partial charge is 0.448 e. The van der Waals surface area contributed by atoms with Crippen molar-refractivity contribution >= 4 is 44.9 Å². The Balaban J connectivity index is 1.32. The molecule has 3 aromatic carbocycles. The highest BCUT2D eigenvalue weighted by atomic mass is 32.2. The number of halogens is 3. The Hall–Kier alpha value is -5.02. The molecule has 1 fully saturated rings. The monoisotopic (exact) mass is 696 g/mol. The van der Waals surface area contributed by atoms with Gasteiger partial charge in [-0.2, -0.15) is 18.2 Å². The number of amides is 2. The summed E-state index contributed by atoms with van der Waals surface area (Å²) in [5.41, 5.74) is 0.878. The van der Waals surface area contributed by atoms with Crippen LogP contribution < -0.4 is 16.0 Å². The van der Waals surface area contributed by atoms with Gasteiger partial charge in [0.2, 0.25) is 11.9 Å². The number of hydrogen-bond donors (Lipinski definition) is 4. The average Bonchev–Trinajstić information content (AvgIpc) is 3.88. The zero-order valence-corrected chi connectivity index (χ0v) is 27.7. The number of rotatable bonds is 11. The van der Waals surface area contributed by atoms with E-state index in [1.165, 1.54) is 12.3 Å². The van der Waals surface area contributed by atoms with Crippen LogP contribution in [0.2, 0.25) is 0 Å². The normalized spacial score (nSPS) is 15.3. The minimum atomic E-state index is -4.50. The standard InChI is InChI=1S/C34H35F3N6O5S/c1-4-48-32(46)43-49(3,47)27-14-12-26(13-15-27)41-31-38-19-28(29(42-31)39-21(2)20-44)22-8-10-25(11-9-22)40-30(45)33(16-17-33)23-6-5-7-24(18-23)34(35,36)37/h5-15,18-19,21,44H,4,16-17,20H2,1-3H3,(H,40,45)(H2,38,39,41,42). The highest BCUT2D eigenvalue weighted by Gasteiger charge is 2.51. The number of carbonyl (C=O) groups is 2. The molecular weight excluding hydrogens is 661 g/mol. The molecule has 1 aromatic heterocycles. The molecule has 0 bridgehead atoms. The Kier molecular flexibility index (Phi) is 10.2. The van der Waals surface area contributed by atoms with Crippen molar-refractivity contribution in [2.24, 2.45) is 4.36 Å². The Bertz CT molecular complexity index is 1960. The maximum atomic E-state index is 13.3. The van der Waals surface area contributed by atoms with Crippen molar-refractivity contribution in [3.63, 3.8) is 0 Å². The van der Waals surface area contributed by atoms with E-state index in [1.807, 2.05) is 0 Å². The van der Waals surface area contributed by atoms with Crippen LogP contribution in [-0.4, -0.2) is 56.8 Å². The van der Waals surface area contributed by atoms with E-state index in [2.05, 4.69) is 30.3 Å². The van der Waals surface area contributed by atoms with E-state index in [1.54, 1.807) is 74.6 Å². The molecule has 0 radical (unpaired) electrons. The summed E-state index contributed by atoms with van der Waals surface area (Å²) in [4.78, 5) is 34.3. The van der Waals surface area contributed by atoms with Crippen LogP contribution in [0.3, 0.4) is 0 Å². The van der Waals surface area contributed by atoms with Crippen molar-refractivity contribution in [1.29, 1.82) is 0 Å². The van der Waals surface area contributed by atoms with Gasteiger partial charge in [-0.1, -0.05) is 30.3 Å². The van der Waals surface area contributed by atoms with Crippen LogP contribution in [0.1, 0.15) is 37.8 Å². The van der Waals surface area contributed by atoms with Gasteiger partial charge < -0.3 is 25.8 Å². The Labute approximate surface area is 281 Å². The van der Waals surface area contributed by atoms with E-state index in [0.29, 0.717) is 51.6 Å². The molecule has 0 spiro atoms. The van der Waals surface area contributed by atoms with Crippen LogP contribution >= 0.6 is 0 Å². The zero-order valence-electron chi connectivity index (χ0n) is 26.9. The lowest BCUT2D eigenvalue weighted by Crippen LogP contribution is -2.28. The van der Waals surface area contributed by atoms with Crippen LogP contribution in [0.25, 0.3) is 11.1 Å². The molecular formula is C34H35F3N6O5S. The van der Waals surface area contributed by atoms with E-state index >= 15 is 0 Å². The number of ether oxygens (including phenoxy) is 1. The van der Waals surface area contributed by atoms with Crippen molar-refractivity contribution < 1.29 is 36.8 Å². The van der Waals surface area contributed by atoms with Crippen molar-refractivity contribution in [1.82, 2.24) is 9.97 Å². The quantitative estimate of drug-likeness (QED) is 0.130. The van der Waals surface area contributed by atoms with Gasteiger partial charge in [0, 0.05) is 40.3 Å². The molecule has 258 valence electrons. The number of carbonyl (C=O) groups excluding carboxylic acids is 2. The first-order valence-electron chi connectivity index (χ1n) is 15.3. The Morgan fingerprint density at radius 1 is 1.06 bits per heavy atom. The van der Waals surface area contributed by atoms with Gasteiger partial charge in [-0.3, -0.25) is 4.79 Å². The number of hydrogen-bond acceptors (Lipinski definition) is 9. The SMILES string of the molecule is CCOC(=O)N=S(C)(=O)c1ccc(Nc2ncc(-c3ccc(NC(=O)C4(c5cccc(C(F)(F)F)c5)CC4)cc3)c(NC(C)CO)n2)cc1. The summed E-state index contributed by atoms with van der Waals surface area (Å²) in [6.07, 6.45) is -1.57. The van der Waals surface area contributed by atoms with E-state index in [0.717, 1.165) is 12.1 Å². The van der Waals surface area contributed by atoms with E-state index < -0.39 is 33.0 Å². The smallest absolute Gasteiger partial charge is 0.442 e. The first-order valence-corrected chi connectivity index (χ1v) is 17.3. The van der Waals surface area contributed by atoms with Crippen molar-refractivity contribution in [3.8, 4) is 11.1 Å². The maximum Gasteiger partial charge on any atom is 0.442 e. The second kappa shape index (κ2) is 14.2. The average molecular weight is 697 g/mol. The van der Waals surface area contributed by atoms with E-state index in [-0.39, 0.29) is 31.1 Å². The number of alkyl halides is 3. The molecule has 2 unspecified atom stereocenters. The van der Waals surface area contributed by atoms with Crippen molar-refractivity contribution in [3.05, 3.63) is 90.1 Å². The molecule has 2 atom stereocenters. The minimum Gasteiger partial charge on any atom is -0.448 e. The highest BCUT2D eigenvalue weighted by Crippen LogP contribution is 2.50. The van der Waals surface area contributed by atoms with Gasteiger partial charge >= 0.3 is 12.3 Å².